The maximum Gasteiger partial charge on any atom is 0.239 e. The standard InChI is InChI=1S/C20H25N7O2S/c1-13-5-3-6-16(14(13)2)17-11-19(27-20(21)26-17)24-10-4-9-23-18-8-7-15(12-25-18)30(22,28)29/h3,5-8,11-12H,4,9-10H2,1-2H3,(H,23,25)(H2,22,28,29)(H3,21,24,26,27). The second kappa shape index (κ2) is 9.06. The third-order valence-electron chi connectivity index (χ3n) is 4.65. The number of hydrogen-bond donors (Lipinski definition) is 4. The molecule has 30 heavy (non-hydrogen) atoms. The Balaban J connectivity index is 1.55. The van der Waals surface area contributed by atoms with E-state index >= 15 is 0 Å². The maximum atomic E-state index is 11.2. The molecule has 2 aromatic heterocycles. The second-order valence-corrected chi connectivity index (χ2v) is 8.44. The van der Waals surface area contributed by atoms with Crippen LogP contribution in [0.1, 0.15) is 17.5 Å². The Hall–Kier alpha value is -3.24. The van der Waals surface area contributed by atoms with E-state index in [9.17, 15) is 8.42 Å². The van der Waals surface area contributed by atoms with Gasteiger partial charge in [0.15, 0.2) is 0 Å². The van der Waals surface area contributed by atoms with Crippen molar-refractivity contribution >= 4 is 27.6 Å². The number of anilines is 3. The molecule has 2 heterocycles. The predicted molar refractivity (Wildman–Crippen MR) is 119 cm³/mol. The van der Waals surface area contributed by atoms with Gasteiger partial charge in [0.1, 0.15) is 16.5 Å². The molecule has 0 spiro atoms. The Bertz CT molecular complexity index is 1130. The van der Waals surface area contributed by atoms with Crippen molar-refractivity contribution in [2.45, 2.75) is 25.2 Å². The molecular weight excluding hydrogens is 402 g/mol. The van der Waals surface area contributed by atoms with Crippen molar-refractivity contribution in [2.75, 3.05) is 29.5 Å². The lowest BCUT2D eigenvalue weighted by molar-refractivity contribution is 0.597. The largest absolute Gasteiger partial charge is 0.370 e. The van der Waals surface area contributed by atoms with Crippen LogP contribution in [0, 0.1) is 13.8 Å². The van der Waals surface area contributed by atoms with Crippen LogP contribution in [-0.2, 0) is 10.0 Å². The van der Waals surface area contributed by atoms with Gasteiger partial charge in [-0.2, -0.15) is 4.98 Å². The highest BCUT2D eigenvalue weighted by Gasteiger charge is 2.09. The Labute approximate surface area is 176 Å². The smallest absolute Gasteiger partial charge is 0.239 e. The summed E-state index contributed by atoms with van der Waals surface area (Å²) in [6.45, 7) is 5.42. The highest BCUT2D eigenvalue weighted by atomic mass is 32.2. The third kappa shape index (κ3) is 5.43. The van der Waals surface area contributed by atoms with Crippen LogP contribution in [-0.4, -0.2) is 36.5 Å². The van der Waals surface area contributed by atoms with Crippen LogP contribution in [0.2, 0.25) is 0 Å². The van der Waals surface area contributed by atoms with Crippen molar-refractivity contribution in [2.24, 2.45) is 5.14 Å². The molecule has 3 aromatic rings. The van der Waals surface area contributed by atoms with Crippen LogP contribution >= 0.6 is 0 Å². The van der Waals surface area contributed by atoms with Crippen LogP contribution in [0.15, 0.2) is 47.5 Å². The summed E-state index contributed by atoms with van der Waals surface area (Å²) in [6, 6.07) is 11.0. The molecule has 1 aromatic carbocycles. The monoisotopic (exact) mass is 427 g/mol. The number of pyridine rings is 1. The highest BCUT2D eigenvalue weighted by molar-refractivity contribution is 7.89. The summed E-state index contributed by atoms with van der Waals surface area (Å²) >= 11 is 0. The number of hydrogen-bond acceptors (Lipinski definition) is 8. The summed E-state index contributed by atoms with van der Waals surface area (Å²) in [5.41, 5.74) is 10.1. The van der Waals surface area contributed by atoms with Gasteiger partial charge >= 0.3 is 0 Å². The van der Waals surface area contributed by atoms with E-state index in [1.54, 1.807) is 6.07 Å². The van der Waals surface area contributed by atoms with E-state index in [1.165, 1.54) is 17.8 Å². The van der Waals surface area contributed by atoms with E-state index in [0.717, 1.165) is 23.2 Å². The molecule has 6 N–H and O–H groups in total. The molecule has 0 fully saturated rings. The molecule has 0 aliphatic carbocycles. The van der Waals surface area contributed by atoms with Crippen LogP contribution in [0.3, 0.4) is 0 Å². The number of nitrogens with zero attached hydrogens (tertiary/aromatic N) is 3. The normalized spacial score (nSPS) is 11.3. The number of nitrogen functional groups attached to an aromatic ring is 1. The second-order valence-electron chi connectivity index (χ2n) is 6.88. The molecule has 0 bridgehead atoms. The lowest BCUT2D eigenvalue weighted by atomic mass is 10.0. The maximum absolute atomic E-state index is 11.2. The summed E-state index contributed by atoms with van der Waals surface area (Å²) in [5.74, 6) is 1.45. The van der Waals surface area contributed by atoms with Crippen molar-refractivity contribution in [1.82, 2.24) is 15.0 Å². The molecule has 0 amide bonds. The van der Waals surface area contributed by atoms with Crippen molar-refractivity contribution in [1.29, 1.82) is 0 Å². The molecule has 3 rings (SSSR count). The van der Waals surface area contributed by atoms with Crippen LogP contribution < -0.4 is 21.5 Å². The fourth-order valence-electron chi connectivity index (χ4n) is 2.90. The number of benzene rings is 1. The van der Waals surface area contributed by atoms with Crippen molar-refractivity contribution in [3.63, 3.8) is 0 Å². The Morgan fingerprint density at radius 1 is 1.00 bits per heavy atom. The first-order valence-electron chi connectivity index (χ1n) is 9.42. The molecular formula is C20H25N7O2S. The van der Waals surface area contributed by atoms with Gasteiger partial charge in [0.2, 0.25) is 16.0 Å². The van der Waals surface area contributed by atoms with E-state index < -0.39 is 10.0 Å². The lowest BCUT2D eigenvalue weighted by Gasteiger charge is -2.11. The van der Waals surface area contributed by atoms with Crippen molar-refractivity contribution < 1.29 is 8.42 Å². The number of rotatable bonds is 8. The van der Waals surface area contributed by atoms with E-state index in [2.05, 4.69) is 45.5 Å². The van der Waals surface area contributed by atoms with Crippen molar-refractivity contribution in [3.05, 3.63) is 53.7 Å². The van der Waals surface area contributed by atoms with E-state index in [-0.39, 0.29) is 10.8 Å². The predicted octanol–water partition coefficient (Wildman–Crippen LogP) is 2.30. The Morgan fingerprint density at radius 3 is 2.40 bits per heavy atom. The van der Waals surface area contributed by atoms with E-state index in [0.29, 0.717) is 24.7 Å². The zero-order valence-corrected chi connectivity index (χ0v) is 17.7. The summed E-state index contributed by atoms with van der Waals surface area (Å²) < 4.78 is 22.5. The summed E-state index contributed by atoms with van der Waals surface area (Å²) in [6.07, 6.45) is 2.01. The lowest BCUT2D eigenvalue weighted by Crippen LogP contribution is -2.13. The molecule has 0 aliphatic rings. The number of sulfonamides is 1. The Kier molecular flexibility index (Phi) is 6.48. The molecule has 0 unspecified atom stereocenters. The number of aryl methyl sites for hydroxylation is 1. The quantitative estimate of drug-likeness (QED) is 0.400. The summed E-state index contributed by atoms with van der Waals surface area (Å²) in [7, 11) is -3.73. The Morgan fingerprint density at radius 2 is 1.73 bits per heavy atom. The number of aromatic nitrogens is 3. The van der Waals surface area contributed by atoms with Gasteiger partial charge in [-0.25, -0.2) is 23.5 Å². The fourth-order valence-corrected chi connectivity index (χ4v) is 3.35. The van der Waals surface area contributed by atoms with Crippen LogP contribution in [0.25, 0.3) is 11.3 Å². The molecule has 9 nitrogen and oxygen atoms in total. The molecule has 10 heteroatoms. The van der Waals surface area contributed by atoms with E-state index in [1.807, 2.05) is 18.2 Å². The average Bonchev–Trinajstić information content (AvgIpc) is 2.69. The summed E-state index contributed by atoms with van der Waals surface area (Å²) in [4.78, 5) is 12.7. The zero-order chi connectivity index (χ0) is 21.7. The van der Waals surface area contributed by atoms with Gasteiger partial charge in [-0.1, -0.05) is 18.2 Å². The number of nitrogens with one attached hydrogen (secondary N) is 2. The first kappa shape index (κ1) is 21.5. The molecule has 0 aliphatic heterocycles. The van der Waals surface area contributed by atoms with Crippen molar-refractivity contribution in [3.8, 4) is 11.3 Å². The van der Waals surface area contributed by atoms with Gasteiger partial charge in [-0.05, 0) is 43.5 Å². The fraction of sp³-hybridized carbons (Fsp3) is 0.250. The molecule has 158 valence electrons. The first-order valence-corrected chi connectivity index (χ1v) is 11.0. The third-order valence-corrected chi connectivity index (χ3v) is 5.55. The SMILES string of the molecule is Cc1cccc(-c2cc(NCCCNc3ccc(S(N)(=O)=O)cn3)nc(N)n2)c1C. The molecule has 0 saturated carbocycles. The zero-order valence-electron chi connectivity index (χ0n) is 16.9. The van der Waals surface area contributed by atoms with Gasteiger partial charge in [0.05, 0.1) is 5.69 Å². The molecule has 0 radical (unpaired) electrons. The minimum absolute atomic E-state index is 0.0179. The topological polar surface area (TPSA) is 149 Å². The number of nitrogens with two attached hydrogens (primary N) is 2. The minimum atomic E-state index is -3.73. The van der Waals surface area contributed by atoms with Gasteiger partial charge in [0, 0.05) is 30.9 Å². The van der Waals surface area contributed by atoms with E-state index in [4.69, 9.17) is 10.9 Å². The van der Waals surface area contributed by atoms with Crippen LogP contribution in [0.4, 0.5) is 17.6 Å². The average molecular weight is 428 g/mol. The molecule has 0 saturated heterocycles. The minimum Gasteiger partial charge on any atom is -0.370 e. The van der Waals surface area contributed by atoms with Gasteiger partial charge < -0.3 is 16.4 Å². The van der Waals surface area contributed by atoms with Gasteiger partial charge in [0.25, 0.3) is 0 Å². The summed E-state index contributed by atoms with van der Waals surface area (Å²) in [5, 5.41) is 11.4. The highest BCUT2D eigenvalue weighted by Crippen LogP contribution is 2.26. The molecule has 0 atom stereocenters. The number of primary sulfonamides is 1. The van der Waals surface area contributed by atoms with Gasteiger partial charge in [-0.15, -0.1) is 0 Å². The van der Waals surface area contributed by atoms with Crippen LogP contribution in [0.5, 0.6) is 0 Å². The first-order chi connectivity index (χ1) is 14.2. The van der Waals surface area contributed by atoms with Gasteiger partial charge in [-0.3, -0.25) is 0 Å².